The number of sulfone groups is 1. The molecule has 0 spiro atoms. The summed E-state index contributed by atoms with van der Waals surface area (Å²) in [6.45, 7) is 9.37. The number of benzene rings is 1. The molecule has 0 bridgehead atoms. The SMILES string of the molecule is Cc1cc(OCC2CC2)ccc1CC(=O)N1CCC(CS(=O)(=O)C(C)(C)C)CC1. The third-order valence-electron chi connectivity index (χ3n) is 6.19. The maximum Gasteiger partial charge on any atom is 0.226 e. The molecule has 2 fully saturated rings. The van der Waals surface area contributed by atoms with Crippen LogP contribution in [0.3, 0.4) is 0 Å². The van der Waals surface area contributed by atoms with Crippen LogP contribution in [0.25, 0.3) is 0 Å². The maximum absolute atomic E-state index is 12.8. The summed E-state index contributed by atoms with van der Waals surface area (Å²) >= 11 is 0. The number of amides is 1. The molecule has 0 unspecified atom stereocenters. The second kappa shape index (κ2) is 8.66. The highest BCUT2D eigenvalue weighted by Crippen LogP contribution is 2.30. The van der Waals surface area contributed by atoms with Gasteiger partial charge in [0.15, 0.2) is 9.84 Å². The van der Waals surface area contributed by atoms with E-state index in [1.807, 2.05) is 30.0 Å². The molecule has 0 radical (unpaired) electrons. The Hall–Kier alpha value is -1.56. The molecule has 0 N–H and O–H groups in total. The number of piperidine rings is 1. The third kappa shape index (κ3) is 5.97. The molecule has 29 heavy (non-hydrogen) atoms. The molecule has 3 rings (SSSR count). The Kier molecular flexibility index (Phi) is 6.61. The Morgan fingerprint density at radius 3 is 2.31 bits per heavy atom. The lowest BCUT2D eigenvalue weighted by molar-refractivity contribution is -0.131. The van der Waals surface area contributed by atoms with Crippen LogP contribution in [0.2, 0.25) is 0 Å². The monoisotopic (exact) mass is 421 g/mol. The van der Waals surface area contributed by atoms with Crippen LogP contribution in [0, 0.1) is 18.8 Å². The van der Waals surface area contributed by atoms with Crippen LogP contribution in [-0.2, 0) is 21.1 Å². The lowest BCUT2D eigenvalue weighted by atomic mass is 9.98. The van der Waals surface area contributed by atoms with Gasteiger partial charge in [0.2, 0.25) is 5.91 Å². The summed E-state index contributed by atoms with van der Waals surface area (Å²) in [5.41, 5.74) is 2.11. The van der Waals surface area contributed by atoms with E-state index in [-0.39, 0.29) is 17.6 Å². The Bertz CT molecular complexity index is 829. The molecule has 162 valence electrons. The summed E-state index contributed by atoms with van der Waals surface area (Å²) < 4.78 is 30.0. The normalized spacial score (nSPS) is 18.7. The topological polar surface area (TPSA) is 63.7 Å². The van der Waals surface area contributed by atoms with Crippen LogP contribution in [0.5, 0.6) is 5.75 Å². The molecule has 1 aliphatic heterocycles. The predicted octanol–water partition coefficient (Wildman–Crippen LogP) is 3.78. The minimum absolute atomic E-state index is 0.122. The van der Waals surface area contributed by atoms with E-state index in [0.717, 1.165) is 42.2 Å². The van der Waals surface area contributed by atoms with Crippen molar-refractivity contribution in [3.8, 4) is 5.75 Å². The lowest BCUT2D eigenvalue weighted by Gasteiger charge is -2.33. The van der Waals surface area contributed by atoms with E-state index in [2.05, 4.69) is 0 Å². The van der Waals surface area contributed by atoms with Gasteiger partial charge < -0.3 is 9.64 Å². The number of aryl methyl sites for hydroxylation is 1. The van der Waals surface area contributed by atoms with Gasteiger partial charge in [-0.15, -0.1) is 0 Å². The Morgan fingerprint density at radius 2 is 1.76 bits per heavy atom. The highest BCUT2D eigenvalue weighted by molar-refractivity contribution is 7.92. The zero-order valence-electron chi connectivity index (χ0n) is 18.2. The number of carbonyl (C=O) groups is 1. The fourth-order valence-electron chi connectivity index (χ4n) is 3.64. The van der Waals surface area contributed by atoms with Crippen LogP contribution >= 0.6 is 0 Å². The van der Waals surface area contributed by atoms with Crippen LogP contribution in [-0.4, -0.2) is 49.4 Å². The first kappa shape index (κ1) is 22.1. The quantitative estimate of drug-likeness (QED) is 0.672. The van der Waals surface area contributed by atoms with Crippen LogP contribution in [0.1, 0.15) is 57.6 Å². The second-order valence-corrected chi connectivity index (χ2v) is 12.5. The van der Waals surface area contributed by atoms with Gasteiger partial charge >= 0.3 is 0 Å². The van der Waals surface area contributed by atoms with Gasteiger partial charge in [-0.3, -0.25) is 4.79 Å². The molecular weight excluding hydrogens is 386 g/mol. The summed E-state index contributed by atoms with van der Waals surface area (Å²) in [5, 5.41) is 0. The van der Waals surface area contributed by atoms with Gasteiger partial charge in [0.25, 0.3) is 0 Å². The summed E-state index contributed by atoms with van der Waals surface area (Å²) in [7, 11) is -3.12. The highest BCUT2D eigenvalue weighted by Gasteiger charge is 2.33. The minimum Gasteiger partial charge on any atom is -0.493 e. The molecular formula is C23H35NO4S. The number of ether oxygens (including phenoxy) is 1. The van der Waals surface area contributed by atoms with Gasteiger partial charge in [0.05, 0.1) is 23.5 Å². The van der Waals surface area contributed by atoms with Crippen molar-refractivity contribution in [3.05, 3.63) is 29.3 Å². The molecule has 1 aromatic rings. The molecule has 1 amide bonds. The van der Waals surface area contributed by atoms with Crippen molar-refractivity contribution < 1.29 is 17.9 Å². The first-order valence-corrected chi connectivity index (χ1v) is 12.4. The predicted molar refractivity (Wildman–Crippen MR) is 116 cm³/mol. The molecule has 2 aliphatic rings. The maximum atomic E-state index is 12.8. The molecule has 0 aromatic heterocycles. The lowest BCUT2D eigenvalue weighted by Crippen LogP contribution is -2.42. The van der Waals surface area contributed by atoms with Crippen molar-refractivity contribution in [2.24, 2.45) is 11.8 Å². The average Bonchev–Trinajstić information content (AvgIpc) is 3.46. The number of hydrogen-bond donors (Lipinski definition) is 0. The minimum atomic E-state index is -3.12. The molecule has 1 heterocycles. The van der Waals surface area contributed by atoms with E-state index in [1.165, 1.54) is 12.8 Å². The van der Waals surface area contributed by atoms with Gasteiger partial charge in [-0.2, -0.15) is 0 Å². The third-order valence-corrected chi connectivity index (χ3v) is 8.97. The summed E-state index contributed by atoms with van der Waals surface area (Å²) in [5.74, 6) is 2.09. The van der Waals surface area contributed by atoms with E-state index in [9.17, 15) is 13.2 Å². The van der Waals surface area contributed by atoms with Crippen molar-refractivity contribution in [3.63, 3.8) is 0 Å². The van der Waals surface area contributed by atoms with Gasteiger partial charge in [0, 0.05) is 13.1 Å². The highest BCUT2D eigenvalue weighted by atomic mass is 32.2. The Morgan fingerprint density at radius 1 is 1.10 bits per heavy atom. The van der Waals surface area contributed by atoms with E-state index in [1.54, 1.807) is 20.8 Å². The number of likely N-dealkylation sites (tertiary alicyclic amines) is 1. The van der Waals surface area contributed by atoms with Crippen molar-refractivity contribution in [1.82, 2.24) is 4.90 Å². The fourth-order valence-corrected chi connectivity index (χ4v) is 5.09. The second-order valence-electron chi connectivity index (χ2n) is 9.74. The largest absolute Gasteiger partial charge is 0.493 e. The van der Waals surface area contributed by atoms with Crippen molar-refractivity contribution >= 4 is 15.7 Å². The fraction of sp³-hybridized carbons (Fsp3) is 0.696. The van der Waals surface area contributed by atoms with Crippen molar-refractivity contribution in [1.29, 1.82) is 0 Å². The van der Waals surface area contributed by atoms with Crippen molar-refractivity contribution in [2.45, 2.75) is 64.5 Å². The van der Waals surface area contributed by atoms with E-state index >= 15 is 0 Å². The smallest absolute Gasteiger partial charge is 0.226 e. The summed E-state index contributed by atoms with van der Waals surface area (Å²) in [4.78, 5) is 14.6. The molecule has 1 saturated carbocycles. The molecule has 1 aromatic carbocycles. The van der Waals surface area contributed by atoms with Gasteiger partial charge in [-0.1, -0.05) is 6.07 Å². The zero-order chi connectivity index (χ0) is 21.2. The molecule has 1 aliphatic carbocycles. The van der Waals surface area contributed by atoms with Gasteiger partial charge in [0.1, 0.15) is 5.75 Å². The molecule has 5 nitrogen and oxygen atoms in total. The van der Waals surface area contributed by atoms with E-state index in [0.29, 0.717) is 19.5 Å². The first-order valence-electron chi connectivity index (χ1n) is 10.8. The van der Waals surface area contributed by atoms with Gasteiger partial charge in [-0.05, 0) is 88.5 Å². The molecule has 6 heteroatoms. The summed E-state index contributed by atoms with van der Waals surface area (Å²) in [6.07, 6.45) is 4.44. The van der Waals surface area contributed by atoms with Crippen molar-refractivity contribution in [2.75, 3.05) is 25.4 Å². The Labute approximate surface area is 175 Å². The Balaban J connectivity index is 1.49. The van der Waals surface area contributed by atoms with Gasteiger partial charge in [-0.25, -0.2) is 8.42 Å². The number of rotatable bonds is 7. The van der Waals surface area contributed by atoms with Crippen LogP contribution in [0.15, 0.2) is 18.2 Å². The van der Waals surface area contributed by atoms with E-state index < -0.39 is 14.6 Å². The standard InChI is InChI=1S/C23H35NO4S/c1-17-13-21(28-15-18-5-6-18)8-7-20(17)14-22(25)24-11-9-19(10-12-24)16-29(26,27)23(2,3)4/h7-8,13,18-19H,5-6,9-12,14-16H2,1-4H3. The number of carbonyl (C=O) groups excluding carboxylic acids is 1. The molecule has 0 atom stereocenters. The number of nitrogens with zero attached hydrogens (tertiary/aromatic N) is 1. The average molecular weight is 422 g/mol. The summed E-state index contributed by atoms with van der Waals surface area (Å²) in [6, 6.07) is 5.98. The first-order chi connectivity index (χ1) is 13.5. The molecule has 1 saturated heterocycles. The van der Waals surface area contributed by atoms with E-state index in [4.69, 9.17) is 4.74 Å². The van der Waals surface area contributed by atoms with Crippen LogP contribution in [0.4, 0.5) is 0 Å². The zero-order valence-corrected chi connectivity index (χ0v) is 19.1. The number of hydrogen-bond acceptors (Lipinski definition) is 4. The van der Waals surface area contributed by atoms with Crippen LogP contribution < -0.4 is 4.74 Å².